The molecule has 4 heavy (non-hydrogen) atoms. The van der Waals surface area contributed by atoms with Crippen molar-refractivity contribution in [3.05, 3.63) is 0 Å². The molecule has 1 nitrogen and oxygen atoms in total. The van der Waals surface area contributed by atoms with Crippen LogP contribution in [0.1, 0.15) is 12.3 Å². The van der Waals surface area contributed by atoms with Gasteiger partial charge >= 0.3 is 0 Å². The number of hydrogen-bond acceptors (Lipinski definition) is 1. The quantitative estimate of drug-likeness (QED) is 0.426. The molecule has 0 saturated heterocycles. The summed E-state index contributed by atoms with van der Waals surface area (Å²) in [7, 11) is 0. The summed E-state index contributed by atoms with van der Waals surface area (Å²) in [6.45, 7) is -2.82. The predicted molar refractivity (Wildman–Crippen MR) is 17.5 cm³/mol. The van der Waals surface area contributed by atoms with Crippen LogP contribution in [-0.2, 0) is 0 Å². The van der Waals surface area contributed by atoms with Crippen LogP contribution < -0.4 is 0 Å². The van der Waals surface area contributed by atoms with E-state index in [0.29, 0.717) is 0 Å². The van der Waals surface area contributed by atoms with Crippen LogP contribution >= 0.6 is 11.6 Å². The van der Waals surface area contributed by atoms with Crippen molar-refractivity contribution in [3.63, 3.8) is 0 Å². The SMILES string of the molecule is [2H]C([2H])([2H])C([2H])(O)Cl. The molecule has 0 bridgehead atoms. The zero-order chi connectivity index (χ0) is 7.00. The summed E-state index contributed by atoms with van der Waals surface area (Å²) in [6, 6.07) is 0. The molecule has 0 aliphatic heterocycles. The van der Waals surface area contributed by atoms with E-state index in [0.717, 1.165) is 0 Å². The maximum atomic E-state index is 8.22. The van der Waals surface area contributed by atoms with Gasteiger partial charge in [0.1, 0.15) is 5.54 Å². The lowest BCUT2D eigenvalue weighted by molar-refractivity contribution is 0.277. The second-order valence-corrected chi connectivity index (χ2v) is 0.649. The fraction of sp³-hybridized carbons (Fsp3) is 1.00. The van der Waals surface area contributed by atoms with Crippen LogP contribution in [0.15, 0.2) is 0 Å². The first-order chi connectivity index (χ1) is 3.25. The molecule has 0 radical (unpaired) electrons. The molecule has 0 spiro atoms. The van der Waals surface area contributed by atoms with Gasteiger partial charge in [0.15, 0.2) is 0 Å². The topological polar surface area (TPSA) is 20.2 Å². The number of alkyl halides is 1. The molecule has 1 unspecified atom stereocenters. The van der Waals surface area contributed by atoms with Crippen LogP contribution in [-0.4, -0.2) is 10.6 Å². The van der Waals surface area contributed by atoms with Gasteiger partial charge in [0.25, 0.3) is 0 Å². The summed E-state index contributed by atoms with van der Waals surface area (Å²) < 4.78 is 25.4. The molecule has 1 N–H and O–H groups in total. The normalized spacial score (nSPS) is 41.5. The van der Waals surface area contributed by atoms with Gasteiger partial charge in [0.05, 0.1) is 1.37 Å². The smallest absolute Gasteiger partial charge is 0.125 e. The van der Waals surface area contributed by atoms with Crippen molar-refractivity contribution in [1.82, 2.24) is 0 Å². The Morgan fingerprint density at radius 2 is 3.00 bits per heavy atom. The van der Waals surface area contributed by atoms with E-state index >= 15 is 0 Å². The zero-order valence-corrected chi connectivity index (χ0v) is 2.58. The van der Waals surface area contributed by atoms with Crippen LogP contribution in [0.2, 0.25) is 0 Å². The molecular weight excluding hydrogens is 75.5 g/mol. The van der Waals surface area contributed by atoms with E-state index in [1.165, 1.54) is 0 Å². The highest BCUT2D eigenvalue weighted by Gasteiger charge is 1.72. The van der Waals surface area contributed by atoms with Crippen molar-refractivity contribution in [3.8, 4) is 0 Å². The van der Waals surface area contributed by atoms with Crippen LogP contribution in [0, 0.1) is 0 Å². The second-order valence-electron chi connectivity index (χ2n) is 0.291. The average Bonchev–Trinajstić information content (AvgIpc) is 1.25. The van der Waals surface area contributed by atoms with Crippen molar-refractivity contribution in [2.45, 2.75) is 12.4 Å². The van der Waals surface area contributed by atoms with E-state index in [-0.39, 0.29) is 0 Å². The Kier molecular flexibility index (Phi) is 0.333. The molecule has 2 heteroatoms. The van der Waals surface area contributed by atoms with Gasteiger partial charge < -0.3 is 5.11 Å². The highest BCUT2D eigenvalue weighted by molar-refractivity contribution is 6.19. The first kappa shape index (κ1) is 0.854. The number of aliphatic hydroxyl groups is 1. The van der Waals surface area contributed by atoms with Gasteiger partial charge in [-0.2, -0.15) is 0 Å². The molecule has 0 amide bonds. The average molecular weight is 84.5 g/mol. The standard InChI is InChI=1S/C2H5ClO/c1-2(3)4/h2,4H,1H3/i1D3,2D. The van der Waals surface area contributed by atoms with Gasteiger partial charge in [0, 0.05) is 4.11 Å². The van der Waals surface area contributed by atoms with Gasteiger partial charge in [0.2, 0.25) is 0 Å². The Labute approximate surface area is 35.8 Å². The van der Waals surface area contributed by atoms with Crippen LogP contribution in [0.5, 0.6) is 0 Å². The summed E-state index contributed by atoms with van der Waals surface area (Å²) in [6.07, 6.45) is 0. The lowest BCUT2D eigenvalue weighted by atomic mass is 10.9. The lowest BCUT2D eigenvalue weighted by Gasteiger charge is -1.77. The maximum Gasteiger partial charge on any atom is 0.125 e. The van der Waals surface area contributed by atoms with Gasteiger partial charge in [-0.05, 0) is 6.85 Å². The van der Waals surface area contributed by atoms with E-state index in [1.807, 2.05) is 0 Å². The summed E-state index contributed by atoms with van der Waals surface area (Å²) in [5, 5.41) is 8.22. The van der Waals surface area contributed by atoms with E-state index in [1.54, 1.807) is 0 Å². The van der Waals surface area contributed by atoms with Crippen molar-refractivity contribution in [2.24, 2.45) is 0 Å². The van der Waals surface area contributed by atoms with E-state index in [4.69, 9.17) is 10.6 Å². The summed E-state index contributed by atoms with van der Waals surface area (Å²) in [5.74, 6) is 0. The van der Waals surface area contributed by atoms with E-state index < -0.39 is 12.4 Å². The molecule has 1 atom stereocenters. The monoisotopic (exact) mass is 84.0 g/mol. The Morgan fingerprint density at radius 3 is 3.00 bits per heavy atom. The van der Waals surface area contributed by atoms with Crippen molar-refractivity contribution in [1.29, 1.82) is 0 Å². The minimum Gasteiger partial charge on any atom is -0.378 e. The summed E-state index contributed by atoms with van der Waals surface area (Å²) in [5.41, 5.74) is -2.84. The van der Waals surface area contributed by atoms with E-state index in [9.17, 15) is 0 Å². The van der Waals surface area contributed by atoms with Crippen LogP contribution in [0.4, 0.5) is 0 Å². The fourth-order valence-electron chi connectivity index (χ4n) is 0. The molecule has 0 aliphatic carbocycles. The molecule has 0 heterocycles. The van der Waals surface area contributed by atoms with Gasteiger partial charge in [-0.25, -0.2) is 0 Å². The van der Waals surface area contributed by atoms with Gasteiger partial charge in [-0.15, -0.1) is 0 Å². The molecular formula is C2H5ClO. The van der Waals surface area contributed by atoms with Gasteiger partial charge in [-0.1, -0.05) is 11.6 Å². The Hall–Kier alpha value is 0.250. The maximum absolute atomic E-state index is 8.22. The van der Waals surface area contributed by atoms with Crippen LogP contribution in [0.25, 0.3) is 0 Å². The Morgan fingerprint density at radius 1 is 2.75 bits per heavy atom. The number of halogens is 1. The third-order valence-corrected chi connectivity index (χ3v) is 0. The third-order valence-electron chi connectivity index (χ3n) is 0. The third kappa shape index (κ3) is 56.3. The lowest BCUT2D eigenvalue weighted by Crippen LogP contribution is -1.79. The molecule has 0 aromatic rings. The minimum absolute atomic E-state index is 2.82. The van der Waals surface area contributed by atoms with Crippen molar-refractivity contribution in [2.75, 3.05) is 0 Å². The van der Waals surface area contributed by atoms with Crippen LogP contribution in [0.3, 0.4) is 0 Å². The molecule has 0 aromatic carbocycles. The highest BCUT2D eigenvalue weighted by Crippen LogP contribution is 1.79. The summed E-state index contributed by atoms with van der Waals surface area (Å²) in [4.78, 5) is 0. The highest BCUT2D eigenvalue weighted by atomic mass is 35.5. The minimum atomic E-state index is -2.84. The molecule has 0 rings (SSSR count). The molecule has 0 saturated carbocycles. The molecule has 26 valence electrons. The van der Waals surface area contributed by atoms with Gasteiger partial charge in [-0.3, -0.25) is 0 Å². The fourth-order valence-corrected chi connectivity index (χ4v) is 0. The van der Waals surface area contributed by atoms with Crippen molar-refractivity contribution < 1.29 is 10.6 Å². The first-order valence-corrected chi connectivity index (χ1v) is 1.04. The second kappa shape index (κ2) is 1.56. The number of hydrogen-bond donors (Lipinski definition) is 1. The van der Waals surface area contributed by atoms with Crippen molar-refractivity contribution >= 4 is 11.6 Å². The Balaban J connectivity index is 4.02. The molecule has 0 aromatic heterocycles. The van der Waals surface area contributed by atoms with E-state index in [2.05, 4.69) is 11.6 Å². The molecule has 0 aliphatic rings. The predicted octanol–water partition coefficient (Wildman–Crippen LogP) is 0.563. The Bertz CT molecular complexity index is 69.0. The first-order valence-electron chi connectivity index (χ1n) is 2.66. The summed E-state index contributed by atoms with van der Waals surface area (Å²) >= 11 is 4.67. The zero-order valence-electron chi connectivity index (χ0n) is 5.83. The largest absolute Gasteiger partial charge is 0.378 e. The number of rotatable bonds is 0. The molecule has 0 fully saturated rings.